The van der Waals surface area contributed by atoms with Gasteiger partial charge in [-0.15, -0.1) is 0 Å². The third-order valence-corrected chi connectivity index (χ3v) is 3.78. The van der Waals surface area contributed by atoms with Crippen molar-refractivity contribution in [2.45, 2.75) is 26.3 Å². The number of hydrogen-bond acceptors (Lipinski definition) is 4. The average molecular weight is 276 g/mol. The van der Waals surface area contributed by atoms with E-state index in [9.17, 15) is 4.79 Å². The van der Waals surface area contributed by atoms with E-state index in [0.29, 0.717) is 5.69 Å². The molecule has 1 fully saturated rings. The maximum Gasteiger partial charge on any atom is 0.272 e. The van der Waals surface area contributed by atoms with Crippen molar-refractivity contribution in [2.75, 3.05) is 38.5 Å². The van der Waals surface area contributed by atoms with Crippen LogP contribution in [0.15, 0.2) is 18.3 Å². The lowest BCUT2D eigenvalue weighted by Gasteiger charge is -2.42. The smallest absolute Gasteiger partial charge is 0.272 e. The molecule has 0 bridgehead atoms. The van der Waals surface area contributed by atoms with E-state index in [0.717, 1.165) is 31.9 Å². The van der Waals surface area contributed by atoms with Gasteiger partial charge in [-0.3, -0.25) is 14.7 Å². The lowest BCUT2D eigenvalue weighted by atomic mass is 10.0. The molecule has 0 spiro atoms. The molecule has 110 valence electrons. The van der Waals surface area contributed by atoms with Crippen LogP contribution in [-0.2, 0) is 0 Å². The van der Waals surface area contributed by atoms with Gasteiger partial charge in [-0.1, -0.05) is 0 Å². The van der Waals surface area contributed by atoms with Crippen molar-refractivity contribution >= 4 is 11.6 Å². The first kappa shape index (κ1) is 14.8. The number of hydrogen-bond donors (Lipinski definition) is 1. The number of pyridine rings is 1. The van der Waals surface area contributed by atoms with Gasteiger partial charge in [0.25, 0.3) is 5.91 Å². The molecule has 20 heavy (non-hydrogen) atoms. The monoisotopic (exact) mass is 276 g/mol. The summed E-state index contributed by atoms with van der Waals surface area (Å²) in [5, 5.41) is 3.03. The van der Waals surface area contributed by atoms with Crippen LogP contribution in [-0.4, -0.2) is 59.5 Å². The Morgan fingerprint density at radius 3 is 2.45 bits per heavy atom. The first-order valence-electron chi connectivity index (χ1n) is 7.10. The van der Waals surface area contributed by atoms with Crippen molar-refractivity contribution in [1.82, 2.24) is 14.8 Å². The van der Waals surface area contributed by atoms with Gasteiger partial charge in [0.05, 0.1) is 0 Å². The van der Waals surface area contributed by atoms with Crippen molar-refractivity contribution in [3.05, 3.63) is 24.0 Å². The van der Waals surface area contributed by atoms with E-state index >= 15 is 0 Å². The number of amides is 1. The van der Waals surface area contributed by atoms with Crippen molar-refractivity contribution in [1.29, 1.82) is 0 Å². The number of anilines is 1. The van der Waals surface area contributed by atoms with Gasteiger partial charge in [-0.25, -0.2) is 0 Å². The molecule has 0 saturated carbocycles. The molecular formula is C15H24N4O. The van der Waals surface area contributed by atoms with Crippen LogP contribution in [0.1, 0.15) is 31.3 Å². The predicted octanol–water partition coefficient (Wildman–Crippen LogP) is 1.68. The minimum absolute atomic E-state index is 0.0238. The summed E-state index contributed by atoms with van der Waals surface area (Å²) in [6.45, 7) is 10.00. The van der Waals surface area contributed by atoms with E-state index in [2.05, 4.69) is 36.0 Å². The first-order chi connectivity index (χ1) is 9.41. The third kappa shape index (κ3) is 3.28. The maximum atomic E-state index is 12.4. The maximum absolute atomic E-state index is 12.4. The molecule has 1 aromatic heterocycles. The molecule has 1 aliphatic rings. The van der Waals surface area contributed by atoms with Crippen LogP contribution >= 0.6 is 0 Å². The van der Waals surface area contributed by atoms with Gasteiger partial charge in [0, 0.05) is 50.6 Å². The summed E-state index contributed by atoms with van der Waals surface area (Å²) >= 11 is 0. The van der Waals surface area contributed by atoms with Crippen LogP contribution in [0, 0.1) is 0 Å². The molecule has 0 aliphatic carbocycles. The fourth-order valence-corrected chi connectivity index (χ4v) is 2.45. The van der Waals surface area contributed by atoms with Crippen molar-refractivity contribution in [3.63, 3.8) is 0 Å². The van der Waals surface area contributed by atoms with E-state index in [1.807, 2.05) is 18.0 Å². The van der Waals surface area contributed by atoms with Gasteiger partial charge in [0.2, 0.25) is 0 Å². The van der Waals surface area contributed by atoms with E-state index in [1.54, 1.807) is 12.3 Å². The van der Waals surface area contributed by atoms with Crippen LogP contribution in [0.5, 0.6) is 0 Å². The zero-order valence-corrected chi connectivity index (χ0v) is 12.8. The van der Waals surface area contributed by atoms with Gasteiger partial charge in [-0.05, 0) is 32.9 Å². The van der Waals surface area contributed by atoms with Crippen molar-refractivity contribution in [2.24, 2.45) is 0 Å². The molecule has 1 saturated heterocycles. The Bertz CT molecular complexity index is 473. The molecule has 0 unspecified atom stereocenters. The molecule has 1 N–H and O–H groups in total. The molecule has 5 nitrogen and oxygen atoms in total. The Kier molecular flexibility index (Phi) is 4.28. The number of carbonyl (C=O) groups is 1. The van der Waals surface area contributed by atoms with Crippen LogP contribution in [0.25, 0.3) is 0 Å². The molecule has 5 heteroatoms. The summed E-state index contributed by atoms with van der Waals surface area (Å²) in [7, 11) is 1.84. The molecule has 1 aromatic rings. The second kappa shape index (κ2) is 5.79. The van der Waals surface area contributed by atoms with E-state index in [1.165, 1.54) is 0 Å². The zero-order valence-electron chi connectivity index (χ0n) is 12.8. The number of nitrogens with one attached hydrogen (secondary N) is 1. The van der Waals surface area contributed by atoms with E-state index in [-0.39, 0.29) is 11.4 Å². The standard InChI is InChI=1S/C15H24N4O/c1-15(2,3)19-9-7-18(8-10-19)14(20)13-11-12(16-4)5-6-17-13/h5-6,11H,7-10H2,1-4H3,(H,16,17). The fraction of sp³-hybridized carbons (Fsp3) is 0.600. The van der Waals surface area contributed by atoms with E-state index in [4.69, 9.17) is 0 Å². The molecule has 1 aliphatic heterocycles. The molecule has 0 radical (unpaired) electrons. The number of aromatic nitrogens is 1. The number of nitrogens with zero attached hydrogens (tertiary/aromatic N) is 3. The molecule has 0 aromatic carbocycles. The highest BCUT2D eigenvalue weighted by Gasteiger charge is 2.28. The van der Waals surface area contributed by atoms with Gasteiger partial charge in [-0.2, -0.15) is 0 Å². The van der Waals surface area contributed by atoms with Crippen LogP contribution in [0.2, 0.25) is 0 Å². The Morgan fingerprint density at radius 1 is 1.25 bits per heavy atom. The topological polar surface area (TPSA) is 48.5 Å². The lowest BCUT2D eigenvalue weighted by Crippen LogP contribution is -2.54. The molecule has 2 rings (SSSR count). The highest BCUT2D eigenvalue weighted by Crippen LogP contribution is 2.17. The SMILES string of the molecule is CNc1ccnc(C(=O)N2CCN(C(C)(C)C)CC2)c1. The molecule has 0 atom stereocenters. The second-order valence-electron chi connectivity index (χ2n) is 6.13. The Labute approximate surface area is 121 Å². The van der Waals surface area contributed by atoms with Crippen LogP contribution < -0.4 is 5.32 Å². The fourth-order valence-electron chi connectivity index (χ4n) is 2.45. The second-order valence-corrected chi connectivity index (χ2v) is 6.13. The molecule has 1 amide bonds. The third-order valence-electron chi connectivity index (χ3n) is 3.78. The lowest BCUT2D eigenvalue weighted by molar-refractivity contribution is 0.0447. The number of carbonyl (C=O) groups excluding carboxylic acids is 1. The summed E-state index contributed by atoms with van der Waals surface area (Å²) in [5.74, 6) is 0.0238. The van der Waals surface area contributed by atoms with Crippen molar-refractivity contribution < 1.29 is 4.79 Å². The summed E-state index contributed by atoms with van der Waals surface area (Å²) in [6.07, 6.45) is 1.67. The van der Waals surface area contributed by atoms with Gasteiger partial charge in [0.15, 0.2) is 0 Å². The molecular weight excluding hydrogens is 252 g/mol. The summed E-state index contributed by atoms with van der Waals surface area (Å²) < 4.78 is 0. The quantitative estimate of drug-likeness (QED) is 0.893. The average Bonchev–Trinajstić information content (AvgIpc) is 2.46. The van der Waals surface area contributed by atoms with Gasteiger partial charge in [0.1, 0.15) is 5.69 Å². The minimum atomic E-state index is 0.0238. The van der Waals surface area contributed by atoms with Crippen LogP contribution in [0.3, 0.4) is 0 Å². The first-order valence-corrected chi connectivity index (χ1v) is 7.10. The minimum Gasteiger partial charge on any atom is -0.388 e. The number of rotatable bonds is 2. The Balaban J connectivity index is 2.01. The summed E-state index contributed by atoms with van der Waals surface area (Å²) in [5.41, 5.74) is 1.59. The van der Waals surface area contributed by atoms with Gasteiger partial charge < -0.3 is 10.2 Å². The van der Waals surface area contributed by atoms with Crippen molar-refractivity contribution in [3.8, 4) is 0 Å². The Morgan fingerprint density at radius 2 is 1.90 bits per heavy atom. The highest BCUT2D eigenvalue weighted by molar-refractivity contribution is 5.93. The van der Waals surface area contributed by atoms with E-state index < -0.39 is 0 Å². The highest BCUT2D eigenvalue weighted by atomic mass is 16.2. The zero-order chi connectivity index (χ0) is 14.8. The van der Waals surface area contributed by atoms with Gasteiger partial charge >= 0.3 is 0 Å². The summed E-state index contributed by atoms with van der Waals surface area (Å²) in [4.78, 5) is 20.9. The van der Waals surface area contributed by atoms with Crippen LogP contribution in [0.4, 0.5) is 5.69 Å². The Hall–Kier alpha value is -1.62. The predicted molar refractivity (Wildman–Crippen MR) is 81.0 cm³/mol. The summed E-state index contributed by atoms with van der Waals surface area (Å²) in [6, 6.07) is 3.66. The normalized spacial score (nSPS) is 17.1. The molecule has 2 heterocycles. The largest absolute Gasteiger partial charge is 0.388 e. The number of piperazine rings is 1.